The Balaban J connectivity index is 1.24. The lowest BCUT2D eigenvalue weighted by Crippen LogP contribution is -2.26. The maximum absolute atomic E-state index is 12.5. The molecule has 4 heterocycles. The van der Waals surface area contributed by atoms with Gasteiger partial charge in [-0.15, -0.1) is 15.3 Å². The highest BCUT2D eigenvalue weighted by Gasteiger charge is 2.22. The maximum atomic E-state index is 12.5. The number of aryl methyl sites for hydroxylation is 1. The van der Waals surface area contributed by atoms with Crippen molar-refractivity contribution < 1.29 is 9.53 Å². The molecule has 1 saturated heterocycles. The summed E-state index contributed by atoms with van der Waals surface area (Å²) in [6.45, 7) is 3.61. The zero-order valence-corrected chi connectivity index (χ0v) is 17.5. The van der Waals surface area contributed by atoms with Crippen LogP contribution in [0.5, 0.6) is 0 Å². The summed E-state index contributed by atoms with van der Waals surface area (Å²) in [5.41, 5.74) is 3.84. The van der Waals surface area contributed by atoms with Gasteiger partial charge in [-0.3, -0.25) is 9.78 Å². The van der Waals surface area contributed by atoms with Crippen molar-refractivity contribution >= 4 is 17.2 Å². The van der Waals surface area contributed by atoms with Gasteiger partial charge in [-0.05, 0) is 19.1 Å². The number of nitrogens with one attached hydrogen (secondary N) is 1. The molecule has 0 saturated carbocycles. The first-order valence-electron chi connectivity index (χ1n) is 9.81. The molecule has 9 nitrogen and oxygen atoms in total. The van der Waals surface area contributed by atoms with E-state index in [9.17, 15) is 4.79 Å². The first-order chi connectivity index (χ1) is 15.2. The fraction of sp³-hybridized carbons (Fsp3) is 0.238. The van der Waals surface area contributed by atoms with Crippen molar-refractivity contribution in [2.45, 2.75) is 19.4 Å². The van der Waals surface area contributed by atoms with E-state index in [0.29, 0.717) is 19.1 Å². The van der Waals surface area contributed by atoms with Crippen LogP contribution in [0, 0.1) is 6.92 Å². The Hall–Kier alpha value is -3.50. The van der Waals surface area contributed by atoms with Gasteiger partial charge in [0.05, 0.1) is 37.3 Å². The highest BCUT2D eigenvalue weighted by molar-refractivity contribution is 7.14. The van der Waals surface area contributed by atoms with Gasteiger partial charge in [0.25, 0.3) is 5.91 Å². The lowest BCUT2D eigenvalue weighted by molar-refractivity contribution is 0.00667. The first-order valence-corrected chi connectivity index (χ1v) is 10.6. The van der Waals surface area contributed by atoms with Crippen LogP contribution in [0.2, 0.25) is 0 Å². The molecule has 1 aliphatic heterocycles. The summed E-state index contributed by atoms with van der Waals surface area (Å²) in [6, 6.07) is 13.7. The molecule has 0 bridgehead atoms. The molecule has 31 heavy (non-hydrogen) atoms. The Kier molecular flexibility index (Phi) is 5.23. The SMILES string of the molecule is Cc1nc(C2COC2)ccc1-n1cc(C(=O)NCc2nnc(-c3ccccc3)s2)nn1. The zero-order valence-electron chi connectivity index (χ0n) is 16.7. The summed E-state index contributed by atoms with van der Waals surface area (Å²) in [5.74, 6) is 0.0316. The van der Waals surface area contributed by atoms with Crippen LogP contribution in [0.3, 0.4) is 0 Å². The molecule has 3 aromatic heterocycles. The third kappa shape index (κ3) is 4.07. The van der Waals surface area contributed by atoms with E-state index in [4.69, 9.17) is 4.74 Å². The van der Waals surface area contributed by atoms with Crippen molar-refractivity contribution in [3.8, 4) is 16.3 Å². The third-order valence-corrected chi connectivity index (χ3v) is 5.97. The standard InChI is InChI=1S/C21H19N7O2S/c1-13-18(8-7-16(23-13)15-11-30-12-15)28-10-17(24-27-28)20(29)22-9-19-25-26-21(31-19)14-5-3-2-4-6-14/h2-8,10,15H,9,11-12H2,1H3,(H,22,29). The Labute approximate surface area is 182 Å². The Morgan fingerprint density at radius 1 is 1.16 bits per heavy atom. The number of ether oxygens (including phenoxy) is 1. The average Bonchev–Trinajstić information content (AvgIpc) is 3.42. The van der Waals surface area contributed by atoms with Gasteiger partial charge in [0.15, 0.2) is 5.69 Å². The summed E-state index contributed by atoms with van der Waals surface area (Å²) in [5, 5.41) is 20.8. The molecule has 0 unspecified atom stereocenters. The number of aromatic nitrogens is 6. The van der Waals surface area contributed by atoms with E-state index in [1.807, 2.05) is 49.4 Å². The largest absolute Gasteiger partial charge is 0.380 e. The van der Waals surface area contributed by atoms with Crippen LogP contribution in [-0.2, 0) is 11.3 Å². The summed E-state index contributed by atoms with van der Waals surface area (Å²) in [7, 11) is 0. The van der Waals surface area contributed by atoms with Gasteiger partial charge in [0, 0.05) is 17.2 Å². The molecule has 0 radical (unpaired) electrons. The maximum Gasteiger partial charge on any atom is 0.273 e. The van der Waals surface area contributed by atoms with E-state index in [1.165, 1.54) is 11.3 Å². The summed E-state index contributed by atoms with van der Waals surface area (Å²) >= 11 is 1.44. The Morgan fingerprint density at radius 2 is 2.00 bits per heavy atom. The minimum atomic E-state index is -0.323. The predicted octanol–water partition coefficient (Wildman–Crippen LogP) is 2.53. The molecule has 4 aromatic rings. The molecule has 0 spiro atoms. The number of rotatable bonds is 6. The molecule has 1 aromatic carbocycles. The van der Waals surface area contributed by atoms with Crippen LogP contribution in [0.4, 0.5) is 0 Å². The number of benzene rings is 1. The van der Waals surface area contributed by atoms with Gasteiger partial charge in [-0.25, -0.2) is 4.68 Å². The van der Waals surface area contributed by atoms with Crippen LogP contribution in [0.15, 0.2) is 48.7 Å². The normalized spacial score (nSPS) is 13.7. The predicted molar refractivity (Wildman–Crippen MR) is 114 cm³/mol. The van der Waals surface area contributed by atoms with Gasteiger partial charge in [-0.1, -0.05) is 46.9 Å². The smallest absolute Gasteiger partial charge is 0.273 e. The summed E-state index contributed by atoms with van der Waals surface area (Å²) in [6.07, 6.45) is 1.60. The molecule has 1 amide bonds. The number of nitrogens with zero attached hydrogens (tertiary/aromatic N) is 6. The first kappa shape index (κ1) is 19.5. The second-order valence-corrected chi connectivity index (χ2v) is 8.24. The monoisotopic (exact) mass is 433 g/mol. The van der Waals surface area contributed by atoms with Crippen molar-refractivity contribution in [3.05, 3.63) is 70.8 Å². The molecular weight excluding hydrogens is 414 g/mol. The van der Waals surface area contributed by atoms with E-state index in [1.54, 1.807) is 10.9 Å². The number of hydrogen-bond acceptors (Lipinski definition) is 8. The molecule has 1 aliphatic rings. The van der Waals surface area contributed by atoms with Gasteiger partial charge < -0.3 is 10.1 Å². The average molecular weight is 433 g/mol. The van der Waals surface area contributed by atoms with Gasteiger partial charge >= 0.3 is 0 Å². The number of carbonyl (C=O) groups is 1. The highest BCUT2D eigenvalue weighted by Crippen LogP contribution is 2.24. The van der Waals surface area contributed by atoms with E-state index < -0.39 is 0 Å². The number of carbonyl (C=O) groups excluding carboxylic acids is 1. The fourth-order valence-electron chi connectivity index (χ4n) is 3.20. The van der Waals surface area contributed by atoms with Crippen molar-refractivity contribution in [1.82, 2.24) is 35.5 Å². The van der Waals surface area contributed by atoms with Crippen molar-refractivity contribution in [1.29, 1.82) is 0 Å². The van der Waals surface area contributed by atoms with E-state index in [-0.39, 0.29) is 18.1 Å². The van der Waals surface area contributed by atoms with Crippen LogP contribution >= 0.6 is 11.3 Å². The zero-order chi connectivity index (χ0) is 21.2. The molecule has 156 valence electrons. The van der Waals surface area contributed by atoms with Crippen LogP contribution in [0.1, 0.15) is 32.8 Å². The van der Waals surface area contributed by atoms with Crippen molar-refractivity contribution in [2.24, 2.45) is 0 Å². The lowest BCUT2D eigenvalue weighted by Gasteiger charge is -2.25. The molecule has 0 aliphatic carbocycles. The fourth-order valence-corrected chi connectivity index (χ4v) is 3.99. The lowest BCUT2D eigenvalue weighted by atomic mass is 10.0. The molecule has 10 heteroatoms. The molecule has 0 atom stereocenters. The second kappa shape index (κ2) is 8.32. The Bertz CT molecular complexity index is 1220. The minimum Gasteiger partial charge on any atom is -0.380 e. The quantitative estimate of drug-likeness (QED) is 0.498. The summed E-state index contributed by atoms with van der Waals surface area (Å²) < 4.78 is 6.80. The summed E-state index contributed by atoms with van der Waals surface area (Å²) in [4.78, 5) is 17.2. The van der Waals surface area contributed by atoms with E-state index >= 15 is 0 Å². The number of pyridine rings is 1. The van der Waals surface area contributed by atoms with Crippen molar-refractivity contribution in [2.75, 3.05) is 13.2 Å². The molecule has 5 rings (SSSR count). The second-order valence-electron chi connectivity index (χ2n) is 7.17. The van der Waals surface area contributed by atoms with Crippen LogP contribution < -0.4 is 5.32 Å². The molecule has 1 fully saturated rings. The van der Waals surface area contributed by atoms with Crippen LogP contribution in [-0.4, -0.2) is 49.3 Å². The number of hydrogen-bond donors (Lipinski definition) is 1. The third-order valence-electron chi connectivity index (χ3n) is 5.00. The van der Waals surface area contributed by atoms with Gasteiger partial charge in [-0.2, -0.15) is 0 Å². The van der Waals surface area contributed by atoms with Crippen molar-refractivity contribution in [3.63, 3.8) is 0 Å². The van der Waals surface area contributed by atoms with E-state index in [2.05, 4.69) is 30.8 Å². The van der Waals surface area contributed by atoms with Crippen LogP contribution in [0.25, 0.3) is 16.3 Å². The Morgan fingerprint density at radius 3 is 2.74 bits per heavy atom. The van der Waals surface area contributed by atoms with Gasteiger partial charge in [0.2, 0.25) is 0 Å². The number of amides is 1. The topological polar surface area (TPSA) is 108 Å². The highest BCUT2D eigenvalue weighted by atomic mass is 32.1. The molecular formula is C21H19N7O2S. The van der Waals surface area contributed by atoms with Gasteiger partial charge in [0.1, 0.15) is 10.0 Å². The molecule has 1 N–H and O–H groups in total. The van der Waals surface area contributed by atoms with E-state index in [0.717, 1.165) is 32.7 Å². The minimum absolute atomic E-state index is 0.226.